The van der Waals surface area contributed by atoms with Crippen LogP contribution in [-0.4, -0.2) is 41.0 Å². The van der Waals surface area contributed by atoms with E-state index in [1.807, 2.05) is 0 Å². The molecule has 6 nitrogen and oxygen atoms in total. The Labute approximate surface area is 135 Å². The Kier molecular flexibility index (Phi) is 4.69. The highest BCUT2D eigenvalue weighted by Gasteiger charge is 2.35. The van der Waals surface area contributed by atoms with Gasteiger partial charge in [0.25, 0.3) is 0 Å². The molecule has 0 bridgehead atoms. The highest BCUT2D eigenvalue weighted by molar-refractivity contribution is 6.21. The molecular weight excluding hydrogens is 294 g/mol. The number of carbonyl (C=O) groups excluding carboxylic acids is 3. The Morgan fingerprint density at radius 2 is 2.00 bits per heavy atom. The number of hydrogen-bond acceptors (Lipinski definition) is 3. The fourth-order valence-corrected chi connectivity index (χ4v) is 3.25. The van der Waals surface area contributed by atoms with Crippen molar-refractivity contribution >= 4 is 23.6 Å². The highest BCUT2D eigenvalue weighted by atomic mass is 16.2. The summed E-state index contributed by atoms with van der Waals surface area (Å²) < 4.78 is 0. The van der Waals surface area contributed by atoms with E-state index in [4.69, 9.17) is 0 Å². The quantitative estimate of drug-likeness (QED) is 0.861. The second-order valence-corrected chi connectivity index (χ2v) is 6.18. The number of carbonyl (C=O) groups is 3. The fraction of sp³-hybridized carbons (Fsp3) is 0.529. The molecule has 0 aromatic carbocycles. The minimum Gasteiger partial charge on any atom is -0.353 e. The van der Waals surface area contributed by atoms with Crippen LogP contribution < -0.4 is 5.32 Å². The lowest BCUT2D eigenvalue weighted by Gasteiger charge is -2.28. The average molecular weight is 315 g/mol. The molecule has 1 atom stereocenters. The lowest BCUT2D eigenvalue weighted by Crippen LogP contribution is -2.47. The number of amides is 4. The van der Waals surface area contributed by atoms with Gasteiger partial charge in [0, 0.05) is 19.0 Å². The first-order valence-electron chi connectivity index (χ1n) is 8.23. The molecule has 4 amide bonds. The number of urea groups is 1. The fourth-order valence-electron chi connectivity index (χ4n) is 3.25. The number of fused-ring (bicyclic) bond motifs is 1. The van der Waals surface area contributed by atoms with Gasteiger partial charge in [-0.1, -0.05) is 37.5 Å². The molecule has 122 valence electrons. The van der Waals surface area contributed by atoms with Crippen molar-refractivity contribution in [1.29, 1.82) is 0 Å². The van der Waals surface area contributed by atoms with Gasteiger partial charge in [-0.15, -0.1) is 0 Å². The lowest BCUT2D eigenvalue weighted by molar-refractivity contribution is -0.130. The summed E-state index contributed by atoms with van der Waals surface area (Å²) in [5, 5.41) is 3.00. The summed E-state index contributed by atoms with van der Waals surface area (Å²) in [6, 6.07) is -0.341. The Morgan fingerprint density at radius 3 is 2.78 bits per heavy atom. The van der Waals surface area contributed by atoms with Gasteiger partial charge < -0.3 is 5.32 Å². The van der Waals surface area contributed by atoms with Crippen LogP contribution in [0.2, 0.25) is 0 Å². The summed E-state index contributed by atoms with van der Waals surface area (Å²) >= 11 is 0. The van der Waals surface area contributed by atoms with Crippen LogP contribution in [0.5, 0.6) is 0 Å². The SMILES string of the molecule is O=C(CCN1C(=O)N=C2C=CC=CC2C1=O)NC1CCCCC1. The number of allylic oxidation sites excluding steroid dienone is 3. The van der Waals surface area contributed by atoms with Crippen LogP contribution >= 0.6 is 0 Å². The molecule has 3 rings (SSSR count). The maximum absolute atomic E-state index is 12.4. The van der Waals surface area contributed by atoms with Crippen molar-refractivity contribution in [2.45, 2.75) is 44.6 Å². The lowest BCUT2D eigenvalue weighted by atomic mass is 9.95. The molecule has 1 N–H and O–H groups in total. The number of nitrogens with zero attached hydrogens (tertiary/aromatic N) is 2. The summed E-state index contributed by atoms with van der Waals surface area (Å²) in [4.78, 5) is 41.4. The van der Waals surface area contributed by atoms with Crippen LogP contribution in [-0.2, 0) is 9.59 Å². The predicted molar refractivity (Wildman–Crippen MR) is 85.9 cm³/mol. The molecule has 0 aromatic heterocycles. The van der Waals surface area contributed by atoms with Crippen LogP contribution in [0.15, 0.2) is 29.3 Å². The molecule has 1 saturated carbocycles. The van der Waals surface area contributed by atoms with Crippen molar-refractivity contribution in [3.8, 4) is 0 Å². The topological polar surface area (TPSA) is 78.8 Å². The molecule has 1 unspecified atom stereocenters. The molecule has 23 heavy (non-hydrogen) atoms. The van der Waals surface area contributed by atoms with Crippen molar-refractivity contribution in [3.63, 3.8) is 0 Å². The zero-order chi connectivity index (χ0) is 16.2. The predicted octanol–water partition coefficient (Wildman–Crippen LogP) is 1.97. The Hall–Kier alpha value is -2.24. The van der Waals surface area contributed by atoms with Crippen LogP contribution in [0.25, 0.3) is 0 Å². The van der Waals surface area contributed by atoms with E-state index in [1.165, 1.54) is 6.42 Å². The molecule has 0 radical (unpaired) electrons. The number of rotatable bonds is 4. The van der Waals surface area contributed by atoms with Crippen LogP contribution in [0.4, 0.5) is 4.79 Å². The number of hydrogen-bond donors (Lipinski definition) is 1. The second-order valence-electron chi connectivity index (χ2n) is 6.18. The minimum absolute atomic E-state index is 0.0844. The number of imide groups is 1. The van der Waals surface area contributed by atoms with Gasteiger partial charge in [0.05, 0.1) is 11.6 Å². The van der Waals surface area contributed by atoms with E-state index in [9.17, 15) is 14.4 Å². The normalized spacial score (nSPS) is 24.4. The molecule has 1 fully saturated rings. The first-order valence-corrected chi connectivity index (χ1v) is 8.23. The van der Waals surface area contributed by atoms with E-state index in [0.29, 0.717) is 5.71 Å². The zero-order valence-corrected chi connectivity index (χ0v) is 13.0. The Morgan fingerprint density at radius 1 is 1.22 bits per heavy atom. The van der Waals surface area contributed by atoms with Crippen LogP contribution in [0.3, 0.4) is 0 Å². The summed E-state index contributed by atoms with van der Waals surface area (Å²) in [6.45, 7) is 0.0844. The third kappa shape index (κ3) is 3.57. The van der Waals surface area contributed by atoms with Crippen molar-refractivity contribution in [2.24, 2.45) is 10.9 Å². The first-order chi connectivity index (χ1) is 11.1. The smallest absolute Gasteiger partial charge is 0.350 e. The van der Waals surface area contributed by atoms with Crippen molar-refractivity contribution in [3.05, 3.63) is 24.3 Å². The van der Waals surface area contributed by atoms with Crippen molar-refractivity contribution in [2.75, 3.05) is 6.54 Å². The highest BCUT2D eigenvalue weighted by Crippen LogP contribution is 2.20. The first kappa shape index (κ1) is 15.6. The summed E-state index contributed by atoms with van der Waals surface area (Å²) in [5.74, 6) is -0.906. The summed E-state index contributed by atoms with van der Waals surface area (Å²) in [5.41, 5.74) is 0.477. The summed E-state index contributed by atoms with van der Waals surface area (Å²) in [7, 11) is 0. The van der Waals surface area contributed by atoms with Crippen LogP contribution in [0.1, 0.15) is 38.5 Å². The van der Waals surface area contributed by atoms with Gasteiger partial charge in [-0.25, -0.2) is 4.79 Å². The zero-order valence-electron chi connectivity index (χ0n) is 13.0. The van der Waals surface area contributed by atoms with Gasteiger partial charge in [0.2, 0.25) is 11.8 Å². The standard InChI is InChI=1S/C17H21N3O3/c21-15(18-12-6-2-1-3-7-12)10-11-20-16(22)13-8-4-5-9-14(13)19-17(20)23/h4-5,8-9,12-13H,1-3,6-7,10-11H2,(H,18,21). The monoisotopic (exact) mass is 315 g/mol. The molecular formula is C17H21N3O3. The Balaban J connectivity index is 1.55. The summed E-state index contributed by atoms with van der Waals surface area (Å²) in [6.07, 6.45) is 12.6. The van der Waals surface area contributed by atoms with Crippen LogP contribution in [0, 0.1) is 5.92 Å². The molecule has 3 aliphatic rings. The van der Waals surface area contributed by atoms with Crippen molar-refractivity contribution in [1.82, 2.24) is 10.2 Å². The number of nitrogens with one attached hydrogen (secondary N) is 1. The molecule has 2 aliphatic carbocycles. The Bertz CT molecular complexity index is 600. The molecule has 0 aromatic rings. The maximum atomic E-state index is 12.4. The average Bonchev–Trinajstić information content (AvgIpc) is 2.55. The van der Waals surface area contributed by atoms with E-state index in [0.717, 1.165) is 30.6 Å². The van der Waals surface area contributed by atoms with E-state index in [2.05, 4.69) is 10.3 Å². The van der Waals surface area contributed by atoms with Gasteiger partial charge in [0.15, 0.2) is 0 Å². The van der Waals surface area contributed by atoms with Gasteiger partial charge in [0.1, 0.15) is 0 Å². The maximum Gasteiger partial charge on any atom is 0.350 e. The van der Waals surface area contributed by atoms with E-state index in [-0.39, 0.29) is 30.8 Å². The molecule has 0 spiro atoms. The van der Waals surface area contributed by atoms with Gasteiger partial charge in [-0.3, -0.25) is 14.5 Å². The largest absolute Gasteiger partial charge is 0.353 e. The molecule has 1 heterocycles. The van der Waals surface area contributed by atoms with Crippen molar-refractivity contribution < 1.29 is 14.4 Å². The third-order valence-corrected chi connectivity index (χ3v) is 4.52. The van der Waals surface area contributed by atoms with E-state index < -0.39 is 11.9 Å². The molecule has 0 saturated heterocycles. The van der Waals surface area contributed by atoms with Gasteiger partial charge in [-0.05, 0) is 18.9 Å². The van der Waals surface area contributed by atoms with E-state index >= 15 is 0 Å². The molecule has 6 heteroatoms. The van der Waals surface area contributed by atoms with Gasteiger partial charge >= 0.3 is 6.03 Å². The molecule has 1 aliphatic heterocycles. The third-order valence-electron chi connectivity index (χ3n) is 4.52. The number of aliphatic imine (C=N–C) groups is 1. The minimum atomic E-state index is -0.577. The van der Waals surface area contributed by atoms with E-state index in [1.54, 1.807) is 24.3 Å². The second kappa shape index (κ2) is 6.89. The van der Waals surface area contributed by atoms with Gasteiger partial charge in [-0.2, -0.15) is 4.99 Å².